The Kier molecular flexibility index (Phi) is 5.28. The minimum atomic E-state index is -0.631. The van der Waals surface area contributed by atoms with Crippen molar-refractivity contribution in [3.63, 3.8) is 0 Å². The molecule has 3 nitrogen and oxygen atoms in total. The Morgan fingerprint density at radius 2 is 2.10 bits per heavy atom. The maximum atomic E-state index is 13.7. The van der Waals surface area contributed by atoms with Crippen LogP contribution in [0.4, 0.5) is 8.78 Å². The third-order valence-corrected chi connectivity index (χ3v) is 4.06. The molecular weight excluding hydrogens is 276 g/mol. The zero-order chi connectivity index (χ0) is 15.4. The van der Waals surface area contributed by atoms with Crippen molar-refractivity contribution in [3.05, 3.63) is 35.4 Å². The second-order valence-corrected chi connectivity index (χ2v) is 5.80. The van der Waals surface area contributed by atoms with Gasteiger partial charge in [-0.2, -0.15) is 0 Å². The number of aliphatic hydroxyl groups is 1. The lowest BCUT2D eigenvalue weighted by Crippen LogP contribution is -2.45. The fourth-order valence-electron chi connectivity index (χ4n) is 2.83. The van der Waals surface area contributed by atoms with E-state index in [1.807, 2.05) is 0 Å². The summed E-state index contributed by atoms with van der Waals surface area (Å²) < 4.78 is 26.5. The highest BCUT2D eigenvalue weighted by atomic mass is 19.1. The fourth-order valence-corrected chi connectivity index (χ4v) is 2.83. The van der Waals surface area contributed by atoms with Crippen LogP contribution < -0.4 is 5.32 Å². The molecule has 1 aromatic carbocycles. The van der Waals surface area contributed by atoms with Gasteiger partial charge < -0.3 is 10.4 Å². The molecule has 3 atom stereocenters. The third-order valence-electron chi connectivity index (χ3n) is 4.06. The molecule has 1 fully saturated rings. The van der Waals surface area contributed by atoms with Crippen LogP contribution in [0.1, 0.15) is 50.5 Å². The van der Waals surface area contributed by atoms with E-state index in [1.54, 1.807) is 6.92 Å². The minimum absolute atomic E-state index is 0.117. The summed E-state index contributed by atoms with van der Waals surface area (Å²) in [5.41, 5.74) is 0.329. The van der Waals surface area contributed by atoms with E-state index in [0.29, 0.717) is 12.0 Å². The maximum Gasteiger partial charge on any atom is 0.220 e. The second-order valence-electron chi connectivity index (χ2n) is 5.80. The second kappa shape index (κ2) is 6.98. The summed E-state index contributed by atoms with van der Waals surface area (Å²) in [6.07, 6.45) is 3.06. The first-order chi connectivity index (χ1) is 9.97. The van der Waals surface area contributed by atoms with Crippen molar-refractivity contribution in [2.75, 3.05) is 0 Å². The van der Waals surface area contributed by atoms with Gasteiger partial charge in [0.25, 0.3) is 0 Å². The zero-order valence-corrected chi connectivity index (χ0v) is 12.1. The van der Waals surface area contributed by atoms with Crippen molar-refractivity contribution >= 4 is 5.91 Å². The van der Waals surface area contributed by atoms with Crippen molar-refractivity contribution in [1.82, 2.24) is 5.32 Å². The van der Waals surface area contributed by atoms with Gasteiger partial charge in [0.1, 0.15) is 11.6 Å². The summed E-state index contributed by atoms with van der Waals surface area (Å²) in [6, 6.07) is 3.18. The number of halogens is 2. The van der Waals surface area contributed by atoms with E-state index < -0.39 is 17.7 Å². The number of aliphatic hydroxyl groups excluding tert-OH is 1. The van der Waals surface area contributed by atoms with Crippen LogP contribution >= 0.6 is 0 Å². The molecule has 21 heavy (non-hydrogen) atoms. The van der Waals surface area contributed by atoms with E-state index >= 15 is 0 Å². The Morgan fingerprint density at radius 3 is 2.76 bits per heavy atom. The molecule has 1 aliphatic carbocycles. The lowest BCUT2D eigenvalue weighted by molar-refractivity contribution is -0.123. The lowest BCUT2D eigenvalue weighted by atomic mass is 9.91. The van der Waals surface area contributed by atoms with Gasteiger partial charge in [-0.3, -0.25) is 4.79 Å². The predicted octanol–water partition coefficient (Wildman–Crippen LogP) is 2.88. The third kappa shape index (κ3) is 4.24. The zero-order valence-electron chi connectivity index (χ0n) is 12.1. The molecule has 2 N–H and O–H groups in total. The first kappa shape index (κ1) is 15.9. The van der Waals surface area contributed by atoms with Gasteiger partial charge in [0.2, 0.25) is 5.91 Å². The molecule has 0 saturated heterocycles. The van der Waals surface area contributed by atoms with E-state index in [9.17, 15) is 18.7 Å². The van der Waals surface area contributed by atoms with Gasteiger partial charge in [-0.1, -0.05) is 25.8 Å². The van der Waals surface area contributed by atoms with Crippen molar-refractivity contribution in [2.24, 2.45) is 0 Å². The highest BCUT2D eigenvalue weighted by molar-refractivity contribution is 5.77. The summed E-state index contributed by atoms with van der Waals surface area (Å²) in [4.78, 5) is 12.0. The van der Waals surface area contributed by atoms with Gasteiger partial charge in [-0.25, -0.2) is 8.78 Å². The van der Waals surface area contributed by atoms with Crippen LogP contribution in [0.25, 0.3) is 0 Å². The molecule has 0 aliphatic heterocycles. The van der Waals surface area contributed by atoms with Crippen LogP contribution in [0, 0.1) is 11.6 Å². The number of nitrogens with one attached hydrogen (secondary N) is 1. The normalized spacial score (nSPS) is 23.6. The quantitative estimate of drug-likeness (QED) is 0.898. The molecule has 0 spiro atoms. The minimum Gasteiger partial charge on any atom is -0.391 e. The van der Waals surface area contributed by atoms with E-state index in [2.05, 4.69) is 5.32 Å². The number of carbonyl (C=O) groups excluding carboxylic acids is 1. The van der Waals surface area contributed by atoms with Crippen molar-refractivity contribution in [1.29, 1.82) is 0 Å². The Bertz CT molecular complexity index is 507. The van der Waals surface area contributed by atoms with Crippen molar-refractivity contribution in [3.8, 4) is 0 Å². The van der Waals surface area contributed by atoms with Crippen LogP contribution in [-0.2, 0) is 4.79 Å². The summed E-state index contributed by atoms with van der Waals surface area (Å²) in [7, 11) is 0. The molecular formula is C16H21F2NO2. The molecule has 116 valence electrons. The average Bonchev–Trinajstić information content (AvgIpc) is 2.41. The fraction of sp³-hybridized carbons (Fsp3) is 0.562. The van der Waals surface area contributed by atoms with Crippen LogP contribution in [0.2, 0.25) is 0 Å². The number of hydrogen-bond acceptors (Lipinski definition) is 2. The molecule has 0 unspecified atom stereocenters. The molecule has 2 rings (SSSR count). The highest BCUT2D eigenvalue weighted by Gasteiger charge is 2.25. The standard InChI is InChI=1S/C16H21F2NO2/c1-10(12-7-6-11(17)9-13(12)18)8-16(21)19-14-4-2-3-5-15(14)20/h6-7,9-10,14-15,20H,2-5,8H2,1H3,(H,19,21)/t10-,14-,15+/m1/s1. The molecule has 1 saturated carbocycles. The molecule has 0 aromatic heterocycles. The van der Waals surface area contributed by atoms with Gasteiger partial charge >= 0.3 is 0 Å². The van der Waals surface area contributed by atoms with E-state index in [1.165, 1.54) is 12.1 Å². The smallest absolute Gasteiger partial charge is 0.220 e. The van der Waals surface area contributed by atoms with E-state index in [-0.39, 0.29) is 24.3 Å². The van der Waals surface area contributed by atoms with Gasteiger partial charge in [0.15, 0.2) is 0 Å². The van der Waals surface area contributed by atoms with Crippen LogP contribution in [0.3, 0.4) is 0 Å². The Labute approximate surface area is 123 Å². The molecule has 1 amide bonds. The molecule has 1 aromatic rings. The SMILES string of the molecule is C[C@H](CC(=O)N[C@@H]1CCCC[C@@H]1O)c1ccc(F)cc1F. The maximum absolute atomic E-state index is 13.7. The van der Waals surface area contributed by atoms with Crippen LogP contribution in [-0.4, -0.2) is 23.2 Å². The number of carbonyl (C=O) groups is 1. The Morgan fingerprint density at radius 1 is 1.38 bits per heavy atom. The summed E-state index contributed by atoms with van der Waals surface area (Å²) in [5.74, 6) is -1.81. The summed E-state index contributed by atoms with van der Waals surface area (Å²) >= 11 is 0. The molecule has 0 bridgehead atoms. The molecule has 0 heterocycles. The van der Waals surface area contributed by atoms with E-state index in [4.69, 9.17) is 0 Å². The first-order valence-corrected chi connectivity index (χ1v) is 7.39. The number of rotatable bonds is 4. The number of amides is 1. The van der Waals surface area contributed by atoms with Crippen molar-refractivity contribution < 1.29 is 18.7 Å². The largest absolute Gasteiger partial charge is 0.391 e. The van der Waals surface area contributed by atoms with Gasteiger partial charge in [0, 0.05) is 12.5 Å². The molecule has 1 aliphatic rings. The molecule has 0 radical (unpaired) electrons. The predicted molar refractivity (Wildman–Crippen MR) is 75.8 cm³/mol. The van der Waals surface area contributed by atoms with Crippen LogP contribution in [0.15, 0.2) is 18.2 Å². The first-order valence-electron chi connectivity index (χ1n) is 7.39. The Hall–Kier alpha value is -1.49. The average molecular weight is 297 g/mol. The van der Waals surface area contributed by atoms with Gasteiger partial charge in [-0.15, -0.1) is 0 Å². The topological polar surface area (TPSA) is 49.3 Å². The summed E-state index contributed by atoms with van der Waals surface area (Å²) in [5, 5.41) is 12.6. The summed E-state index contributed by atoms with van der Waals surface area (Å²) in [6.45, 7) is 1.73. The van der Waals surface area contributed by atoms with E-state index in [0.717, 1.165) is 25.3 Å². The Balaban J connectivity index is 1.92. The van der Waals surface area contributed by atoms with Crippen molar-refractivity contribution in [2.45, 2.75) is 57.1 Å². The monoisotopic (exact) mass is 297 g/mol. The van der Waals surface area contributed by atoms with Crippen LogP contribution in [0.5, 0.6) is 0 Å². The molecule has 5 heteroatoms. The lowest BCUT2D eigenvalue weighted by Gasteiger charge is -2.28. The number of hydrogen-bond donors (Lipinski definition) is 2. The highest BCUT2D eigenvalue weighted by Crippen LogP contribution is 2.24. The van der Waals surface area contributed by atoms with Gasteiger partial charge in [0.05, 0.1) is 12.1 Å². The number of benzene rings is 1. The van der Waals surface area contributed by atoms with Gasteiger partial charge in [-0.05, 0) is 30.4 Å².